The van der Waals surface area contributed by atoms with Crippen molar-refractivity contribution in [3.8, 4) is 0 Å². The van der Waals surface area contributed by atoms with Crippen LogP contribution in [0.15, 0.2) is 47.1 Å². The van der Waals surface area contributed by atoms with Crippen molar-refractivity contribution < 1.29 is 22.4 Å². The molecule has 0 radical (unpaired) electrons. The fraction of sp³-hybridized carbons (Fsp3) is 0.312. The van der Waals surface area contributed by atoms with E-state index in [2.05, 4.69) is 0 Å². The van der Waals surface area contributed by atoms with Gasteiger partial charge in [-0.05, 0) is 43.2 Å². The van der Waals surface area contributed by atoms with Crippen LogP contribution in [0.3, 0.4) is 0 Å². The van der Waals surface area contributed by atoms with Crippen molar-refractivity contribution in [2.24, 2.45) is 0 Å². The van der Waals surface area contributed by atoms with Gasteiger partial charge in [-0.1, -0.05) is 6.07 Å². The second kappa shape index (κ2) is 5.51. The molecular weight excluding hydrogens is 295 g/mol. The highest BCUT2D eigenvalue weighted by Crippen LogP contribution is 2.34. The van der Waals surface area contributed by atoms with E-state index < -0.39 is 17.6 Å². The number of likely N-dealkylation sites (tertiary alicyclic amines) is 1. The number of carbonyl (C=O) groups excluding carboxylic acids is 1. The molecule has 1 fully saturated rings. The molecule has 22 heavy (non-hydrogen) atoms. The minimum Gasteiger partial charge on any atom is -0.467 e. The van der Waals surface area contributed by atoms with E-state index in [-0.39, 0.29) is 11.6 Å². The lowest BCUT2D eigenvalue weighted by Gasteiger charge is -2.23. The molecule has 3 nitrogen and oxygen atoms in total. The third-order valence-corrected chi connectivity index (χ3v) is 3.82. The van der Waals surface area contributed by atoms with Gasteiger partial charge in [0.1, 0.15) is 5.76 Å². The summed E-state index contributed by atoms with van der Waals surface area (Å²) in [5.74, 6) is 0.267. The normalized spacial score (nSPS) is 18.7. The SMILES string of the molecule is O=C(c1cccc(C(F)(F)F)c1)N1CCC[C@@H]1c1ccco1. The van der Waals surface area contributed by atoms with Crippen molar-refractivity contribution in [3.05, 3.63) is 59.5 Å². The monoisotopic (exact) mass is 309 g/mol. The molecule has 0 unspecified atom stereocenters. The zero-order chi connectivity index (χ0) is 15.7. The first-order valence-corrected chi connectivity index (χ1v) is 6.98. The number of rotatable bonds is 2. The number of benzene rings is 1. The van der Waals surface area contributed by atoms with Gasteiger partial charge in [-0.3, -0.25) is 4.79 Å². The van der Waals surface area contributed by atoms with Crippen molar-refractivity contribution in [1.82, 2.24) is 4.90 Å². The number of halogens is 3. The van der Waals surface area contributed by atoms with Gasteiger partial charge >= 0.3 is 6.18 Å². The number of hydrogen-bond donors (Lipinski definition) is 0. The summed E-state index contributed by atoms with van der Waals surface area (Å²) >= 11 is 0. The zero-order valence-electron chi connectivity index (χ0n) is 11.6. The average molecular weight is 309 g/mol. The summed E-state index contributed by atoms with van der Waals surface area (Å²) in [6, 6.07) is 7.84. The van der Waals surface area contributed by atoms with Crippen molar-refractivity contribution in [3.63, 3.8) is 0 Å². The summed E-state index contributed by atoms with van der Waals surface area (Å²) in [4.78, 5) is 14.1. The first-order chi connectivity index (χ1) is 10.5. The van der Waals surface area contributed by atoms with Gasteiger partial charge in [-0.25, -0.2) is 0 Å². The summed E-state index contributed by atoms with van der Waals surface area (Å²) in [6.07, 6.45) is -1.38. The van der Waals surface area contributed by atoms with Crippen LogP contribution in [0.5, 0.6) is 0 Å². The van der Waals surface area contributed by atoms with Gasteiger partial charge < -0.3 is 9.32 Å². The van der Waals surface area contributed by atoms with Crippen LogP contribution >= 0.6 is 0 Å². The Kier molecular flexibility index (Phi) is 3.68. The molecule has 1 aromatic heterocycles. The van der Waals surface area contributed by atoms with Crippen molar-refractivity contribution in [2.45, 2.75) is 25.1 Å². The molecule has 0 saturated carbocycles. The van der Waals surface area contributed by atoms with Crippen LogP contribution in [-0.4, -0.2) is 17.4 Å². The minimum absolute atomic E-state index is 0.0493. The molecule has 116 valence electrons. The molecular formula is C16H14F3NO2. The molecule has 1 aromatic carbocycles. The van der Waals surface area contributed by atoms with E-state index >= 15 is 0 Å². The van der Waals surface area contributed by atoms with E-state index in [9.17, 15) is 18.0 Å². The maximum absolute atomic E-state index is 12.8. The third-order valence-electron chi connectivity index (χ3n) is 3.82. The lowest BCUT2D eigenvalue weighted by Crippen LogP contribution is -2.30. The minimum atomic E-state index is -4.46. The molecule has 2 aromatic rings. The van der Waals surface area contributed by atoms with E-state index in [1.807, 2.05) is 0 Å². The van der Waals surface area contributed by atoms with Crippen molar-refractivity contribution in [2.75, 3.05) is 6.54 Å². The molecule has 6 heteroatoms. The molecule has 1 aliphatic rings. The molecule has 0 N–H and O–H groups in total. The quantitative estimate of drug-likeness (QED) is 0.830. The van der Waals surface area contributed by atoms with Crippen LogP contribution in [-0.2, 0) is 6.18 Å². The lowest BCUT2D eigenvalue weighted by atomic mass is 10.1. The number of hydrogen-bond acceptors (Lipinski definition) is 2. The Labute approximate surface area is 125 Å². The second-order valence-electron chi connectivity index (χ2n) is 5.25. The molecule has 1 aliphatic heterocycles. The highest BCUT2D eigenvalue weighted by atomic mass is 19.4. The highest BCUT2D eigenvalue weighted by Gasteiger charge is 2.34. The standard InChI is InChI=1S/C16H14F3NO2/c17-16(18,19)12-5-1-4-11(10-12)15(21)20-8-2-6-13(20)14-7-3-9-22-14/h1,3-5,7,9-10,13H,2,6,8H2/t13-/m1/s1. The molecule has 1 atom stereocenters. The number of nitrogens with zero attached hydrogens (tertiary/aromatic N) is 1. The van der Waals surface area contributed by atoms with Gasteiger partial charge in [0.2, 0.25) is 0 Å². The number of alkyl halides is 3. The molecule has 0 bridgehead atoms. The second-order valence-corrected chi connectivity index (χ2v) is 5.25. The maximum atomic E-state index is 12.8. The molecule has 1 saturated heterocycles. The van der Waals surface area contributed by atoms with Crippen LogP contribution in [0.25, 0.3) is 0 Å². The first kappa shape index (κ1) is 14.7. The summed E-state index contributed by atoms with van der Waals surface area (Å²) < 4.78 is 43.6. The van der Waals surface area contributed by atoms with Crippen LogP contribution in [0.1, 0.15) is 40.6 Å². The summed E-state index contributed by atoms with van der Waals surface area (Å²) in [5, 5.41) is 0. The van der Waals surface area contributed by atoms with E-state index in [1.54, 1.807) is 17.0 Å². The van der Waals surface area contributed by atoms with Gasteiger partial charge in [-0.2, -0.15) is 13.2 Å². The van der Waals surface area contributed by atoms with E-state index in [1.165, 1.54) is 18.4 Å². The first-order valence-electron chi connectivity index (χ1n) is 6.98. The highest BCUT2D eigenvalue weighted by molar-refractivity contribution is 5.94. The Morgan fingerprint density at radius 3 is 2.73 bits per heavy atom. The number of amides is 1. The predicted octanol–water partition coefficient (Wildman–Crippen LogP) is 4.28. The van der Waals surface area contributed by atoms with Crippen molar-refractivity contribution >= 4 is 5.91 Å². The maximum Gasteiger partial charge on any atom is 0.416 e. The van der Waals surface area contributed by atoms with E-state index in [4.69, 9.17) is 4.42 Å². The number of furan rings is 1. The fourth-order valence-electron chi connectivity index (χ4n) is 2.78. The topological polar surface area (TPSA) is 33.5 Å². The number of carbonyl (C=O) groups is 1. The summed E-state index contributed by atoms with van der Waals surface area (Å²) in [6.45, 7) is 0.514. The van der Waals surface area contributed by atoms with Crippen molar-refractivity contribution in [1.29, 1.82) is 0 Å². The van der Waals surface area contributed by atoms with Crippen LogP contribution in [0.4, 0.5) is 13.2 Å². The smallest absolute Gasteiger partial charge is 0.416 e. The molecule has 3 rings (SSSR count). The van der Waals surface area contributed by atoms with Gasteiger partial charge in [0.25, 0.3) is 5.91 Å². The van der Waals surface area contributed by atoms with E-state index in [0.717, 1.165) is 25.0 Å². The summed E-state index contributed by atoms with van der Waals surface area (Å²) in [7, 11) is 0. The van der Waals surface area contributed by atoms with Crippen LogP contribution in [0.2, 0.25) is 0 Å². The molecule has 2 heterocycles. The predicted molar refractivity (Wildman–Crippen MR) is 73.2 cm³/mol. The Balaban J connectivity index is 1.87. The van der Waals surface area contributed by atoms with Gasteiger partial charge in [0, 0.05) is 12.1 Å². The molecule has 0 aliphatic carbocycles. The zero-order valence-corrected chi connectivity index (χ0v) is 11.6. The largest absolute Gasteiger partial charge is 0.467 e. The van der Waals surface area contributed by atoms with E-state index in [0.29, 0.717) is 12.3 Å². The fourth-order valence-corrected chi connectivity index (χ4v) is 2.78. The Hall–Kier alpha value is -2.24. The van der Waals surface area contributed by atoms with Gasteiger partial charge in [0.05, 0.1) is 17.9 Å². The Morgan fingerprint density at radius 2 is 2.05 bits per heavy atom. The van der Waals surface area contributed by atoms with Crippen LogP contribution < -0.4 is 0 Å². The van der Waals surface area contributed by atoms with Gasteiger partial charge in [0.15, 0.2) is 0 Å². The Morgan fingerprint density at radius 1 is 1.23 bits per heavy atom. The summed E-state index contributed by atoms with van der Waals surface area (Å²) in [5.41, 5.74) is -0.764. The lowest BCUT2D eigenvalue weighted by molar-refractivity contribution is -0.137. The average Bonchev–Trinajstić information content (AvgIpc) is 3.16. The van der Waals surface area contributed by atoms with Gasteiger partial charge in [-0.15, -0.1) is 0 Å². The third kappa shape index (κ3) is 2.73. The molecule has 0 spiro atoms. The Bertz CT molecular complexity index is 664. The molecule has 1 amide bonds. The van der Waals surface area contributed by atoms with Crippen LogP contribution in [0, 0.1) is 0 Å².